The third-order valence-electron chi connectivity index (χ3n) is 2.41. The third-order valence-corrected chi connectivity index (χ3v) is 2.41. The Hall–Kier alpha value is -0.810. The first-order chi connectivity index (χ1) is 7.51. The van der Waals surface area contributed by atoms with E-state index in [1.807, 2.05) is 0 Å². The van der Waals surface area contributed by atoms with Crippen LogP contribution in [0.15, 0.2) is 5.16 Å². The van der Waals surface area contributed by atoms with E-state index in [9.17, 15) is 0 Å². The van der Waals surface area contributed by atoms with Crippen LogP contribution in [0.2, 0.25) is 0 Å². The second-order valence-corrected chi connectivity index (χ2v) is 4.53. The molecule has 96 valence electrons. The number of oxime groups is 1. The van der Waals surface area contributed by atoms with Crippen molar-refractivity contribution in [3.63, 3.8) is 0 Å². The van der Waals surface area contributed by atoms with Gasteiger partial charge in [0.15, 0.2) is 0 Å². The maximum atomic E-state index is 8.49. The van der Waals surface area contributed by atoms with Gasteiger partial charge in [0.25, 0.3) is 0 Å². The minimum Gasteiger partial charge on any atom is -0.409 e. The van der Waals surface area contributed by atoms with E-state index in [0.29, 0.717) is 25.0 Å². The van der Waals surface area contributed by atoms with E-state index in [4.69, 9.17) is 15.7 Å². The van der Waals surface area contributed by atoms with Crippen molar-refractivity contribution in [1.82, 2.24) is 4.90 Å². The van der Waals surface area contributed by atoms with Crippen molar-refractivity contribution in [1.29, 1.82) is 0 Å². The Morgan fingerprint density at radius 3 is 2.50 bits per heavy atom. The Morgan fingerprint density at radius 2 is 2.06 bits per heavy atom. The number of nitrogens with zero attached hydrogens (tertiary/aromatic N) is 2. The van der Waals surface area contributed by atoms with E-state index in [0.717, 1.165) is 13.1 Å². The number of amidine groups is 1. The Bertz CT molecular complexity index is 207. The molecule has 0 aromatic rings. The van der Waals surface area contributed by atoms with Gasteiger partial charge in [0.1, 0.15) is 5.84 Å². The fourth-order valence-electron chi connectivity index (χ4n) is 1.62. The summed E-state index contributed by atoms with van der Waals surface area (Å²) < 4.78 is 5.15. The Labute approximate surface area is 98.2 Å². The van der Waals surface area contributed by atoms with Crippen molar-refractivity contribution in [2.45, 2.75) is 33.2 Å². The summed E-state index contributed by atoms with van der Waals surface area (Å²) in [5, 5.41) is 11.5. The SMILES string of the molecule is COCC(C)N(CCC(N)=NO)CC(C)C. The highest BCUT2D eigenvalue weighted by Gasteiger charge is 2.15. The van der Waals surface area contributed by atoms with Gasteiger partial charge in [-0.05, 0) is 12.8 Å². The van der Waals surface area contributed by atoms with Gasteiger partial charge in [0.05, 0.1) is 6.61 Å². The van der Waals surface area contributed by atoms with Crippen LogP contribution in [-0.4, -0.2) is 48.8 Å². The summed E-state index contributed by atoms with van der Waals surface area (Å²) in [5.74, 6) is 0.866. The highest BCUT2D eigenvalue weighted by molar-refractivity contribution is 5.79. The fourth-order valence-corrected chi connectivity index (χ4v) is 1.62. The maximum Gasteiger partial charge on any atom is 0.140 e. The van der Waals surface area contributed by atoms with Gasteiger partial charge in [0.2, 0.25) is 0 Å². The molecule has 0 aliphatic heterocycles. The summed E-state index contributed by atoms with van der Waals surface area (Å²) in [6.07, 6.45) is 0.581. The van der Waals surface area contributed by atoms with Crippen LogP contribution in [0.25, 0.3) is 0 Å². The number of hydrogen-bond acceptors (Lipinski definition) is 4. The van der Waals surface area contributed by atoms with Gasteiger partial charge in [0, 0.05) is 32.7 Å². The van der Waals surface area contributed by atoms with Crippen LogP contribution in [0.5, 0.6) is 0 Å². The van der Waals surface area contributed by atoms with Crippen LogP contribution in [0.1, 0.15) is 27.2 Å². The van der Waals surface area contributed by atoms with Crippen LogP contribution in [0.3, 0.4) is 0 Å². The molecule has 0 amide bonds. The highest BCUT2D eigenvalue weighted by atomic mass is 16.5. The van der Waals surface area contributed by atoms with Crippen molar-refractivity contribution in [2.24, 2.45) is 16.8 Å². The van der Waals surface area contributed by atoms with Crippen molar-refractivity contribution in [3.05, 3.63) is 0 Å². The molecule has 0 aromatic heterocycles. The molecule has 0 aromatic carbocycles. The lowest BCUT2D eigenvalue weighted by molar-refractivity contribution is 0.0930. The van der Waals surface area contributed by atoms with Gasteiger partial charge in [-0.3, -0.25) is 4.90 Å². The molecule has 0 radical (unpaired) electrons. The molecule has 0 bridgehead atoms. The van der Waals surface area contributed by atoms with Crippen LogP contribution >= 0.6 is 0 Å². The first-order valence-electron chi connectivity index (χ1n) is 5.70. The lowest BCUT2D eigenvalue weighted by atomic mass is 10.1. The van der Waals surface area contributed by atoms with E-state index in [-0.39, 0.29) is 5.84 Å². The molecular formula is C11H25N3O2. The van der Waals surface area contributed by atoms with E-state index < -0.39 is 0 Å². The van der Waals surface area contributed by atoms with Crippen LogP contribution in [-0.2, 0) is 4.74 Å². The number of nitrogens with two attached hydrogens (primary N) is 1. The fraction of sp³-hybridized carbons (Fsp3) is 0.909. The lowest BCUT2D eigenvalue weighted by Crippen LogP contribution is -2.40. The number of methoxy groups -OCH3 is 1. The van der Waals surface area contributed by atoms with E-state index in [1.165, 1.54) is 0 Å². The average Bonchev–Trinajstić information content (AvgIpc) is 2.23. The zero-order chi connectivity index (χ0) is 12.6. The zero-order valence-corrected chi connectivity index (χ0v) is 10.8. The Morgan fingerprint density at radius 1 is 1.44 bits per heavy atom. The summed E-state index contributed by atoms with van der Waals surface area (Å²) in [7, 11) is 1.70. The molecule has 0 heterocycles. The molecule has 0 saturated carbocycles. The highest BCUT2D eigenvalue weighted by Crippen LogP contribution is 2.06. The largest absolute Gasteiger partial charge is 0.409 e. The molecule has 5 heteroatoms. The second-order valence-electron chi connectivity index (χ2n) is 4.53. The number of rotatable bonds is 8. The molecule has 0 aliphatic rings. The minimum atomic E-state index is 0.276. The summed E-state index contributed by atoms with van der Waals surface area (Å²) >= 11 is 0. The van der Waals surface area contributed by atoms with Gasteiger partial charge in [-0.1, -0.05) is 19.0 Å². The molecule has 0 rings (SSSR count). The second kappa shape index (κ2) is 8.35. The van der Waals surface area contributed by atoms with Crippen LogP contribution in [0, 0.1) is 5.92 Å². The lowest BCUT2D eigenvalue weighted by Gasteiger charge is -2.30. The molecule has 0 fully saturated rings. The number of ether oxygens (including phenoxy) is 1. The number of hydrogen-bond donors (Lipinski definition) is 2. The topological polar surface area (TPSA) is 71.1 Å². The van der Waals surface area contributed by atoms with Gasteiger partial charge in [-0.25, -0.2) is 0 Å². The third kappa shape index (κ3) is 6.63. The molecule has 5 nitrogen and oxygen atoms in total. The van der Waals surface area contributed by atoms with Gasteiger partial charge >= 0.3 is 0 Å². The van der Waals surface area contributed by atoms with Gasteiger partial charge in [-0.15, -0.1) is 0 Å². The zero-order valence-electron chi connectivity index (χ0n) is 10.8. The van der Waals surface area contributed by atoms with Crippen molar-refractivity contribution in [3.8, 4) is 0 Å². The Balaban J connectivity index is 4.19. The average molecular weight is 231 g/mol. The normalized spacial score (nSPS) is 14.8. The quantitative estimate of drug-likeness (QED) is 0.284. The molecule has 1 unspecified atom stereocenters. The standard InChI is InChI=1S/C11H25N3O2/c1-9(2)7-14(10(3)8-16-4)6-5-11(12)13-15/h9-10,15H,5-8H2,1-4H3,(H2,12,13). The van der Waals surface area contributed by atoms with Crippen molar-refractivity contribution < 1.29 is 9.94 Å². The first-order valence-corrected chi connectivity index (χ1v) is 5.70. The van der Waals surface area contributed by atoms with Gasteiger partial charge < -0.3 is 15.7 Å². The smallest absolute Gasteiger partial charge is 0.140 e. The summed E-state index contributed by atoms with van der Waals surface area (Å²) in [6.45, 7) is 8.95. The van der Waals surface area contributed by atoms with Crippen LogP contribution < -0.4 is 5.73 Å². The minimum absolute atomic E-state index is 0.276. The molecule has 0 aliphatic carbocycles. The monoisotopic (exact) mass is 231 g/mol. The first kappa shape index (κ1) is 15.2. The summed E-state index contributed by atoms with van der Waals surface area (Å²) in [5.41, 5.74) is 5.47. The molecule has 0 spiro atoms. The van der Waals surface area contributed by atoms with E-state index in [1.54, 1.807) is 7.11 Å². The summed E-state index contributed by atoms with van der Waals surface area (Å²) in [4.78, 5) is 2.30. The molecular weight excluding hydrogens is 206 g/mol. The predicted octanol–water partition coefficient (Wildman–Crippen LogP) is 1.12. The molecule has 16 heavy (non-hydrogen) atoms. The van der Waals surface area contributed by atoms with Gasteiger partial charge in [-0.2, -0.15) is 0 Å². The summed E-state index contributed by atoms with van der Waals surface area (Å²) in [6, 6.07) is 0.346. The molecule has 0 saturated heterocycles. The predicted molar refractivity (Wildman–Crippen MR) is 65.8 cm³/mol. The molecule has 1 atom stereocenters. The van der Waals surface area contributed by atoms with E-state index in [2.05, 4.69) is 30.8 Å². The maximum absolute atomic E-state index is 8.49. The van der Waals surface area contributed by atoms with E-state index >= 15 is 0 Å². The van der Waals surface area contributed by atoms with Crippen molar-refractivity contribution in [2.75, 3.05) is 26.8 Å². The Kier molecular flexibility index (Phi) is 7.93. The van der Waals surface area contributed by atoms with Crippen LogP contribution in [0.4, 0.5) is 0 Å². The molecule has 3 N–H and O–H groups in total. The van der Waals surface area contributed by atoms with Crippen molar-refractivity contribution >= 4 is 5.84 Å².